The minimum Gasteiger partial charge on any atom is -0.462 e. The van der Waals surface area contributed by atoms with Crippen molar-refractivity contribution in [2.75, 3.05) is 32.5 Å². The number of nitrogens with one attached hydrogen (secondary N) is 1. The molecule has 0 saturated carbocycles. The number of benzene rings is 1. The van der Waals surface area contributed by atoms with E-state index in [0.717, 1.165) is 35.6 Å². The third kappa shape index (κ3) is 2.97. The molecule has 0 aliphatic rings. The van der Waals surface area contributed by atoms with E-state index in [2.05, 4.69) is 43.4 Å². The smallest absolute Gasteiger partial charge is 0.153 e. The lowest BCUT2D eigenvalue weighted by molar-refractivity contribution is 0.425. The van der Waals surface area contributed by atoms with Crippen molar-refractivity contribution in [2.45, 2.75) is 6.92 Å². The van der Waals surface area contributed by atoms with Gasteiger partial charge in [-0.3, -0.25) is 0 Å². The van der Waals surface area contributed by atoms with Gasteiger partial charge in [0, 0.05) is 18.7 Å². The van der Waals surface area contributed by atoms with E-state index < -0.39 is 0 Å². The molecule has 0 amide bonds. The van der Waals surface area contributed by atoms with E-state index in [1.54, 1.807) is 6.26 Å². The van der Waals surface area contributed by atoms with Crippen LogP contribution in [0.4, 0.5) is 5.82 Å². The number of furan rings is 1. The highest BCUT2D eigenvalue weighted by molar-refractivity contribution is 5.92. The first kappa shape index (κ1) is 14.6. The van der Waals surface area contributed by atoms with Crippen LogP contribution < -0.4 is 5.32 Å². The van der Waals surface area contributed by atoms with Crippen molar-refractivity contribution in [1.82, 2.24) is 9.88 Å². The molecule has 0 bridgehead atoms. The summed E-state index contributed by atoms with van der Waals surface area (Å²) in [6.45, 7) is 3.94. The van der Waals surface area contributed by atoms with Crippen LogP contribution in [-0.2, 0) is 0 Å². The Labute approximate surface area is 130 Å². The topological polar surface area (TPSA) is 41.3 Å². The Kier molecular flexibility index (Phi) is 4.11. The Bertz CT molecular complexity index is 777. The summed E-state index contributed by atoms with van der Waals surface area (Å²) < 4.78 is 5.66. The number of aromatic nitrogens is 1. The third-order valence-electron chi connectivity index (χ3n) is 3.72. The molecule has 2 aromatic heterocycles. The average Bonchev–Trinajstić information content (AvgIpc) is 2.90. The van der Waals surface area contributed by atoms with Gasteiger partial charge < -0.3 is 14.6 Å². The van der Waals surface area contributed by atoms with E-state index in [1.165, 1.54) is 11.1 Å². The monoisotopic (exact) mass is 295 g/mol. The van der Waals surface area contributed by atoms with Crippen LogP contribution in [0.5, 0.6) is 0 Å². The van der Waals surface area contributed by atoms with Crippen LogP contribution in [0.3, 0.4) is 0 Å². The minimum atomic E-state index is 0.816. The first-order valence-corrected chi connectivity index (χ1v) is 7.48. The molecule has 0 spiro atoms. The molecule has 1 N–H and O–H groups in total. The number of anilines is 1. The molecule has 0 aliphatic carbocycles. The Balaban J connectivity index is 1.94. The van der Waals surface area contributed by atoms with Crippen molar-refractivity contribution >= 4 is 16.9 Å². The molecule has 4 heteroatoms. The highest BCUT2D eigenvalue weighted by Gasteiger charge is 2.12. The van der Waals surface area contributed by atoms with Gasteiger partial charge in [0.15, 0.2) is 5.58 Å². The number of aryl methyl sites for hydroxylation is 1. The molecular weight excluding hydrogens is 274 g/mol. The van der Waals surface area contributed by atoms with Crippen molar-refractivity contribution in [1.29, 1.82) is 0 Å². The van der Waals surface area contributed by atoms with Gasteiger partial charge in [0.25, 0.3) is 0 Å². The Hall–Kier alpha value is -2.33. The number of fused-ring (bicyclic) bond motifs is 1. The van der Waals surface area contributed by atoms with Gasteiger partial charge in [-0.25, -0.2) is 4.98 Å². The zero-order valence-corrected chi connectivity index (χ0v) is 13.3. The molecule has 0 aliphatic heterocycles. The molecule has 3 aromatic rings. The van der Waals surface area contributed by atoms with Crippen molar-refractivity contribution < 1.29 is 4.42 Å². The maximum absolute atomic E-state index is 5.66. The molecule has 4 nitrogen and oxygen atoms in total. The first-order chi connectivity index (χ1) is 10.6. The molecule has 2 heterocycles. The number of rotatable bonds is 5. The van der Waals surface area contributed by atoms with Crippen molar-refractivity contribution in [3.05, 3.63) is 48.2 Å². The van der Waals surface area contributed by atoms with E-state index in [-0.39, 0.29) is 0 Å². The molecule has 0 radical (unpaired) electrons. The van der Waals surface area contributed by atoms with E-state index in [4.69, 9.17) is 9.40 Å². The lowest BCUT2D eigenvalue weighted by Crippen LogP contribution is -2.21. The second-order valence-corrected chi connectivity index (χ2v) is 5.74. The van der Waals surface area contributed by atoms with Gasteiger partial charge in [-0.2, -0.15) is 0 Å². The van der Waals surface area contributed by atoms with Crippen molar-refractivity contribution in [3.8, 4) is 11.1 Å². The highest BCUT2D eigenvalue weighted by atomic mass is 16.3. The zero-order valence-electron chi connectivity index (χ0n) is 13.3. The normalized spacial score (nSPS) is 11.3. The number of pyridine rings is 1. The number of likely N-dealkylation sites (N-methyl/N-ethyl adjacent to an activating group) is 1. The third-order valence-corrected chi connectivity index (χ3v) is 3.72. The molecule has 22 heavy (non-hydrogen) atoms. The van der Waals surface area contributed by atoms with Gasteiger partial charge in [0.1, 0.15) is 17.6 Å². The summed E-state index contributed by atoms with van der Waals surface area (Å²) in [5.74, 6) is 0.880. The van der Waals surface area contributed by atoms with Crippen LogP contribution >= 0.6 is 0 Å². The first-order valence-electron chi connectivity index (χ1n) is 7.48. The minimum absolute atomic E-state index is 0.816. The van der Waals surface area contributed by atoms with E-state index in [0.29, 0.717) is 0 Å². The number of hydrogen-bond donors (Lipinski definition) is 1. The average molecular weight is 295 g/mol. The van der Waals surface area contributed by atoms with Gasteiger partial charge >= 0.3 is 0 Å². The van der Waals surface area contributed by atoms with Gasteiger partial charge in [0.2, 0.25) is 0 Å². The van der Waals surface area contributed by atoms with E-state index in [9.17, 15) is 0 Å². The molecular formula is C18H21N3O. The van der Waals surface area contributed by atoms with Crippen LogP contribution in [0.25, 0.3) is 22.2 Å². The maximum atomic E-state index is 5.66. The van der Waals surface area contributed by atoms with Crippen LogP contribution in [0.1, 0.15) is 5.56 Å². The van der Waals surface area contributed by atoms with Crippen molar-refractivity contribution in [2.24, 2.45) is 0 Å². The summed E-state index contributed by atoms with van der Waals surface area (Å²) in [6, 6.07) is 12.2. The summed E-state index contributed by atoms with van der Waals surface area (Å²) in [7, 11) is 4.12. The summed E-state index contributed by atoms with van der Waals surface area (Å²) in [5.41, 5.74) is 5.15. The Morgan fingerprint density at radius 2 is 1.91 bits per heavy atom. The summed E-state index contributed by atoms with van der Waals surface area (Å²) in [5, 5.41) is 3.36. The van der Waals surface area contributed by atoms with Crippen LogP contribution in [0.2, 0.25) is 0 Å². The van der Waals surface area contributed by atoms with E-state index >= 15 is 0 Å². The molecule has 0 atom stereocenters. The van der Waals surface area contributed by atoms with Gasteiger partial charge in [-0.1, -0.05) is 24.3 Å². The van der Waals surface area contributed by atoms with E-state index in [1.807, 2.05) is 24.3 Å². The second kappa shape index (κ2) is 6.20. The predicted molar refractivity (Wildman–Crippen MR) is 91.2 cm³/mol. The molecule has 114 valence electrons. The summed E-state index contributed by atoms with van der Waals surface area (Å²) in [6.07, 6.45) is 1.80. The van der Waals surface area contributed by atoms with Crippen molar-refractivity contribution in [3.63, 3.8) is 0 Å². The van der Waals surface area contributed by atoms with Crippen LogP contribution in [-0.4, -0.2) is 37.1 Å². The largest absolute Gasteiger partial charge is 0.462 e. The fraction of sp³-hybridized carbons (Fsp3) is 0.278. The Morgan fingerprint density at radius 1 is 1.09 bits per heavy atom. The maximum Gasteiger partial charge on any atom is 0.153 e. The fourth-order valence-electron chi connectivity index (χ4n) is 2.48. The van der Waals surface area contributed by atoms with Gasteiger partial charge in [-0.05, 0) is 44.3 Å². The quantitative estimate of drug-likeness (QED) is 0.778. The van der Waals surface area contributed by atoms with Gasteiger partial charge in [-0.15, -0.1) is 0 Å². The van der Waals surface area contributed by atoms with Crippen LogP contribution in [0.15, 0.2) is 47.1 Å². The number of hydrogen-bond acceptors (Lipinski definition) is 4. The Morgan fingerprint density at radius 3 is 2.68 bits per heavy atom. The lowest BCUT2D eigenvalue weighted by Gasteiger charge is -2.10. The molecule has 3 rings (SSSR count). The number of nitrogens with zero attached hydrogens (tertiary/aromatic N) is 2. The fourth-order valence-corrected chi connectivity index (χ4v) is 2.48. The molecule has 0 saturated heterocycles. The lowest BCUT2D eigenvalue weighted by atomic mass is 10.0. The molecule has 0 fully saturated rings. The standard InChI is InChI=1S/C18H21N3O/c1-13-6-4-5-7-14(13)15-12-22-16-8-9-17(20-18(15)16)19-10-11-21(2)3/h4-9,12H,10-11H2,1-3H3,(H,19,20). The summed E-state index contributed by atoms with van der Waals surface area (Å²) in [4.78, 5) is 6.87. The SMILES string of the molecule is Cc1ccccc1-c1coc2ccc(NCCN(C)C)nc12. The second-order valence-electron chi connectivity index (χ2n) is 5.74. The molecule has 0 unspecified atom stereocenters. The van der Waals surface area contributed by atoms with Gasteiger partial charge in [0.05, 0.1) is 0 Å². The van der Waals surface area contributed by atoms with Crippen LogP contribution in [0, 0.1) is 6.92 Å². The highest BCUT2D eigenvalue weighted by Crippen LogP contribution is 2.31. The predicted octanol–water partition coefficient (Wildman–Crippen LogP) is 3.78. The zero-order chi connectivity index (χ0) is 15.5. The summed E-state index contributed by atoms with van der Waals surface area (Å²) >= 11 is 0. The molecule has 1 aromatic carbocycles.